The number of hydrogen-bond acceptors (Lipinski definition) is 5. The first-order valence-electron chi connectivity index (χ1n) is 13.2. The van der Waals surface area contributed by atoms with Gasteiger partial charge in [0.05, 0.1) is 5.70 Å². The molecule has 9 nitrogen and oxygen atoms in total. The number of benzene rings is 2. The minimum absolute atomic E-state index is 0.00411. The third-order valence-electron chi connectivity index (χ3n) is 7.35. The normalized spacial score (nSPS) is 18.7. The maximum atomic E-state index is 14.0. The van der Waals surface area contributed by atoms with Gasteiger partial charge in [-0.1, -0.05) is 79.9 Å². The summed E-state index contributed by atoms with van der Waals surface area (Å²) in [7, 11) is 0. The van der Waals surface area contributed by atoms with Crippen LogP contribution in [-0.2, 0) is 30.4 Å². The van der Waals surface area contributed by atoms with E-state index < -0.39 is 36.3 Å². The molecule has 1 aliphatic heterocycles. The van der Waals surface area contributed by atoms with E-state index in [1.54, 1.807) is 60.8 Å². The molecule has 0 radical (unpaired) electrons. The summed E-state index contributed by atoms with van der Waals surface area (Å²) in [6, 6.07) is 15.8. The van der Waals surface area contributed by atoms with Crippen LogP contribution in [0.3, 0.4) is 0 Å². The van der Waals surface area contributed by atoms with E-state index in [0.717, 1.165) is 32.1 Å². The van der Waals surface area contributed by atoms with Crippen molar-refractivity contribution >= 4 is 35.2 Å². The van der Waals surface area contributed by atoms with Gasteiger partial charge >= 0.3 is 5.97 Å². The maximum Gasteiger partial charge on any atom is 0.374 e. The number of hydrogen-bond donors (Lipinski definition) is 2. The highest BCUT2D eigenvalue weighted by atomic mass is 16.4. The van der Waals surface area contributed by atoms with Gasteiger partial charge in [-0.25, -0.2) is 4.79 Å². The lowest BCUT2D eigenvalue weighted by molar-refractivity contribution is -0.150. The van der Waals surface area contributed by atoms with Gasteiger partial charge in [0.25, 0.3) is 11.7 Å². The van der Waals surface area contributed by atoms with Crippen LogP contribution in [0, 0.1) is 5.92 Å². The predicted octanol–water partition coefficient (Wildman–Crippen LogP) is 3.01. The van der Waals surface area contributed by atoms with Crippen LogP contribution in [0.25, 0.3) is 5.70 Å². The lowest BCUT2D eigenvalue weighted by atomic mass is 9.81. The molecule has 0 spiro atoms. The van der Waals surface area contributed by atoms with Gasteiger partial charge in [-0.05, 0) is 29.9 Å². The van der Waals surface area contributed by atoms with Crippen molar-refractivity contribution in [2.24, 2.45) is 5.92 Å². The van der Waals surface area contributed by atoms with Crippen LogP contribution in [0.4, 0.5) is 0 Å². The van der Waals surface area contributed by atoms with E-state index in [1.807, 2.05) is 6.07 Å². The van der Waals surface area contributed by atoms with Crippen LogP contribution in [0.5, 0.6) is 0 Å². The molecule has 1 aliphatic carbocycles. The zero-order valence-electron chi connectivity index (χ0n) is 21.9. The summed E-state index contributed by atoms with van der Waals surface area (Å²) < 4.78 is 0. The fraction of sp³-hybridized carbons (Fsp3) is 0.367. The first-order valence-corrected chi connectivity index (χ1v) is 13.2. The molecule has 1 heterocycles. The fourth-order valence-corrected chi connectivity index (χ4v) is 5.44. The Morgan fingerprint density at radius 1 is 0.949 bits per heavy atom. The summed E-state index contributed by atoms with van der Waals surface area (Å²) in [6.07, 6.45) is 6.26. The molecule has 4 rings (SSSR count). The number of carboxylic acids is 1. The van der Waals surface area contributed by atoms with Crippen molar-refractivity contribution in [3.05, 3.63) is 78.0 Å². The van der Waals surface area contributed by atoms with Gasteiger partial charge in [-0.15, -0.1) is 0 Å². The van der Waals surface area contributed by atoms with Crippen molar-refractivity contribution in [3.8, 4) is 0 Å². The van der Waals surface area contributed by atoms with Crippen LogP contribution < -0.4 is 5.32 Å². The topological polar surface area (TPSA) is 124 Å². The average molecular weight is 532 g/mol. The number of amides is 3. The van der Waals surface area contributed by atoms with Crippen molar-refractivity contribution in [2.45, 2.75) is 57.5 Å². The summed E-state index contributed by atoms with van der Waals surface area (Å²) in [5.74, 6) is -4.11. The van der Waals surface area contributed by atoms with Crippen LogP contribution >= 0.6 is 0 Å². The molecule has 9 heteroatoms. The first-order chi connectivity index (χ1) is 18.8. The summed E-state index contributed by atoms with van der Waals surface area (Å²) in [5, 5.41) is 11.9. The molecule has 1 fully saturated rings. The minimum atomic E-state index is -1.65. The van der Waals surface area contributed by atoms with E-state index in [0.29, 0.717) is 16.8 Å². The van der Waals surface area contributed by atoms with E-state index in [-0.39, 0.29) is 24.2 Å². The van der Waals surface area contributed by atoms with Crippen molar-refractivity contribution in [3.63, 3.8) is 0 Å². The van der Waals surface area contributed by atoms with Gasteiger partial charge in [0.15, 0.2) is 0 Å². The number of nitrogens with zero attached hydrogens (tertiary/aromatic N) is 2. The summed E-state index contributed by atoms with van der Waals surface area (Å²) in [5.41, 5.74) is 1.72. The Kier molecular flexibility index (Phi) is 8.91. The zero-order valence-corrected chi connectivity index (χ0v) is 21.9. The van der Waals surface area contributed by atoms with Crippen LogP contribution in [0.2, 0.25) is 0 Å². The molecule has 2 N–H and O–H groups in total. The highest BCUT2D eigenvalue weighted by Gasteiger charge is 2.43. The Labute approximate surface area is 227 Å². The monoisotopic (exact) mass is 531 g/mol. The number of carboxylic acid groups (broad SMARTS) is 1. The van der Waals surface area contributed by atoms with Gasteiger partial charge in [0, 0.05) is 19.5 Å². The number of carbonyl (C=O) groups excluding carboxylic acids is 4. The van der Waals surface area contributed by atoms with Crippen molar-refractivity contribution < 1.29 is 29.1 Å². The highest BCUT2D eigenvalue weighted by Crippen LogP contribution is 2.35. The lowest BCUT2D eigenvalue weighted by Crippen LogP contribution is -2.57. The molecule has 0 unspecified atom stereocenters. The van der Waals surface area contributed by atoms with E-state index in [4.69, 9.17) is 0 Å². The molecule has 2 aromatic rings. The van der Waals surface area contributed by atoms with E-state index >= 15 is 0 Å². The second kappa shape index (κ2) is 12.5. The van der Waals surface area contributed by atoms with Gasteiger partial charge in [-0.2, -0.15) is 0 Å². The standard InChI is InChI=1S/C30H33N3O6/c1-20(34)32-18-25(22-13-7-3-8-14-22)33(29(37)27(32)23-15-9-4-10-16-23)19-26(35)31-24(28(36)30(38)39)17-21-11-5-2-6-12-21/h2-3,5-8,11-14,18,23-24,27H,4,9-10,15-17,19H2,1H3,(H,31,35)(H,38,39)/t24-,27-/m0/s1. The summed E-state index contributed by atoms with van der Waals surface area (Å²) in [4.78, 5) is 66.8. The third kappa shape index (κ3) is 6.60. The number of rotatable bonds is 9. The Balaban J connectivity index is 1.64. The predicted molar refractivity (Wildman–Crippen MR) is 144 cm³/mol. The van der Waals surface area contributed by atoms with Crippen LogP contribution in [0.1, 0.15) is 50.2 Å². The average Bonchev–Trinajstić information content (AvgIpc) is 2.94. The molecule has 2 atom stereocenters. The molecule has 0 aromatic heterocycles. The largest absolute Gasteiger partial charge is 0.475 e. The van der Waals surface area contributed by atoms with Gasteiger partial charge in [0.2, 0.25) is 11.8 Å². The molecule has 0 saturated heterocycles. The van der Waals surface area contributed by atoms with Crippen molar-refractivity contribution in [1.82, 2.24) is 15.1 Å². The molecule has 39 heavy (non-hydrogen) atoms. The smallest absolute Gasteiger partial charge is 0.374 e. The highest BCUT2D eigenvalue weighted by molar-refractivity contribution is 6.35. The second-order valence-electron chi connectivity index (χ2n) is 10.1. The van der Waals surface area contributed by atoms with Crippen LogP contribution in [-0.4, -0.2) is 63.0 Å². The van der Waals surface area contributed by atoms with Gasteiger partial charge in [0.1, 0.15) is 18.6 Å². The Hall–Kier alpha value is -4.27. The van der Waals surface area contributed by atoms with Gasteiger partial charge < -0.3 is 15.3 Å². The van der Waals surface area contributed by atoms with Gasteiger partial charge in [-0.3, -0.25) is 24.1 Å². The molecule has 2 aromatic carbocycles. The summed E-state index contributed by atoms with van der Waals surface area (Å²) in [6.45, 7) is 1.00. The van der Waals surface area contributed by atoms with E-state index in [1.165, 1.54) is 16.7 Å². The number of aliphatic carboxylic acids is 1. The van der Waals surface area contributed by atoms with Crippen molar-refractivity contribution in [1.29, 1.82) is 0 Å². The molecule has 3 amide bonds. The Morgan fingerprint density at radius 3 is 2.15 bits per heavy atom. The van der Waals surface area contributed by atoms with Crippen LogP contribution in [0.15, 0.2) is 66.9 Å². The Bertz CT molecular complexity index is 1250. The zero-order chi connectivity index (χ0) is 27.9. The molecule has 2 aliphatic rings. The van der Waals surface area contributed by atoms with E-state index in [9.17, 15) is 29.1 Å². The molecule has 1 saturated carbocycles. The lowest BCUT2D eigenvalue weighted by Gasteiger charge is -2.43. The minimum Gasteiger partial charge on any atom is -0.475 e. The quantitative estimate of drug-likeness (QED) is 0.480. The Morgan fingerprint density at radius 2 is 1.56 bits per heavy atom. The molecular formula is C30H33N3O6. The number of nitrogens with one attached hydrogen (secondary N) is 1. The van der Waals surface area contributed by atoms with E-state index in [2.05, 4.69) is 5.32 Å². The number of ketones is 1. The number of Topliss-reactive ketones (excluding diaryl/α,β-unsaturated/α-hetero) is 1. The first kappa shape index (κ1) is 27.8. The molecule has 0 bridgehead atoms. The summed E-state index contributed by atoms with van der Waals surface area (Å²) >= 11 is 0. The fourth-order valence-electron chi connectivity index (χ4n) is 5.44. The maximum absolute atomic E-state index is 14.0. The second-order valence-corrected chi connectivity index (χ2v) is 10.1. The number of carbonyl (C=O) groups is 5. The third-order valence-corrected chi connectivity index (χ3v) is 7.35. The molecular weight excluding hydrogens is 498 g/mol. The SMILES string of the molecule is CC(=O)N1C=C(c2ccccc2)N(CC(=O)N[C@@H](Cc2ccccc2)C(=O)C(=O)O)C(=O)[C@@H]1C1CCCCC1. The van der Waals surface area contributed by atoms with Crippen molar-refractivity contribution in [2.75, 3.05) is 6.54 Å². The molecule has 204 valence electrons.